The first-order valence-electron chi connectivity index (χ1n) is 8.66. The van der Waals surface area contributed by atoms with Crippen molar-refractivity contribution in [3.8, 4) is 0 Å². The van der Waals surface area contributed by atoms with E-state index in [2.05, 4.69) is 9.89 Å². The molecule has 29 heavy (non-hydrogen) atoms. The smallest absolute Gasteiger partial charge is 0.315 e. The van der Waals surface area contributed by atoms with Crippen LogP contribution in [0.5, 0.6) is 0 Å². The second kappa shape index (κ2) is 8.78. The predicted octanol–water partition coefficient (Wildman–Crippen LogP) is 1.88. The quantitative estimate of drug-likeness (QED) is 0.135. The number of Topliss-reactive ketones (excluding diaryl/α,β-unsaturated/α-hetero) is 1. The van der Waals surface area contributed by atoms with Gasteiger partial charge in [0.2, 0.25) is 0 Å². The summed E-state index contributed by atoms with van der Waals surface area (Å²) in [5.74, 6) is -0.591. The number of methoxy groups -OCH3 is 1. The van der Waals surface area contributed by atoms with E-state index >= 15 is 0 Å². The maximum atomic E-state index is 12.6. The van der Waals surface area contributed by atoms with Gasteiger partial charge in [-0.2, -0.15) is 0 Å². The lowest BCUT2D eigenvalue weighted by molar-refractivity contribution is -0.137. The molecule has 8 nitrogen and oxygen atoms in total. The Bertz CT molecular complexity index is 988. The van der Waals surface area contributed by atoms with Gasteiger partial charge in [-0.05, 0) is 29.8 Å². The minimum absolute atomic E-state index is 0.0417. The Balaban J connectivity index is 1.65. The Morgan fingerprint density at radius 2 is 1.90 bits per heavy atom. The van der Waals surface area contributed by atoms with E-state index in [1.54, 1.807) is 42.5 Å². The van der Waals surface area contributed by atoms with Crippen LogP contribution in [0.3, 0.4) is 0 Å². The van der Waals surface area contributed by atoms with Gasteiger partial charge in [-0.15, -0.1) is 11.8 Å². The number of hydrogen-bond donors (Lipinski definition) is 2. The summed E-state index contributed by atoms with van der Waals surface area (Å²) in [5, 5.41) is 11.8. The molecule has 150 valence electrons. The van der Waals surface area contributed by atoms with Crippen LogP contribution in [0.2, 0.25) is 0 Å². The number of oxime groups is 1. The number of benzene rings is 2. The molecule has 0 bridgehead atoms. The second-order valence-electron chi connectivity index (χ2n) is 6.33. The minimum Gasteiger partial charge on any atom is -0.468 e. The number of hydrogen-bond acceptors (Lipinski definition) is 7. The molecular weight excluding hydrogens is 394 g/mol. The standard InChI is InChI=1S/C20H19N3O5S/c1-28-18(25)11-29-15-5-2-12(3-6-15)17(24)10-23-9-14-8-13(19(21)22-27)4-7-16(14)20(23)26/h2-8,27H,9-11H2,1H3,(H2,21,22). The molecule has 0 aliphatic carbocycles. The van der Waals surface area contributed by atoms with E-state index in [1.165, 1.54) is 23.8 Å². The molecule has 3 rings (SSSR count). The summed E-state index contributed by atoms with van der Waals surface area (Å²) in [6.45, 7) is 0.223. The third kappa shape index (κ3) is 4.57. The van der Waals surface area contributed by atoms with E-state index in [-0.39, 0.29) is 42.3 Å². The lowest BCUT2D eigenvalue weighted by Crippen LogP contribution is -2.30. The maximum Gasteiger partial charge on any atom is 0.315 e. The van der Waals surface area contributed by atoms with Gasteiger partial charge in [0.25, 0.3) is 5.91 Å². The highest BCUT2D eigenvalue weighted by molar-refractivity contribution is 8.00. The number of amides is 1. The molecule has 2 aromatic rings. The first-order valence-corrected chi connectivity index (χ1v) is 9.64. The Morgan fingerprint density at radius 1 is 1.21 bits per heavy atom. The number of thioether (sulfide) groups is 1. The number of ether oxygens (including phenoxy) is 1. The summed E-state index contributed by atoms with van der Waals surface area (Å²) in [7, 11) is 1.33. The fourth-order valence-electron chi connectivity index (χ4n) is 2.93. The third-order valence-electron chi connectivity index (χ3n) is 4.48. The van der Waals surface area contributed by atoms with E-state index in [9.17, 15) is 14.4 Å². The molecule has 0 saturated carbocycles. The number of ketones is 1. The van der Waals surface area contributed by atoms with Crippen molar-refractivity contribution < 1.29 is 24.3 Å². The molecule has 1 heterocycles. The van der Waals surface area contributed by atoms with Gasteiger partial charge >= 0.3 is 5.97 Å². The van der Waals surface area contributed by atoms with Crippen LogP contribution in [0, 0.1) is 0 Å². The fraction of sp³-hybridized carbons (Fsp3) is 0.200. The molecule has 1 aliphatic rings. The van der Waals surface area contributed by atoms with E-state index in [0.717, 1.165) is 10.5 Å². The first kappa shape index (κ1) is 20.4. The molecule has 3 N–H and O–H groups in total. The fourth-order valence-corrected chi connectivity index (χ4v) is 3.66. The van der Waals surface area contributed by atoms with Crippen LogP contribution >= 0.6 is 11.8 Å². The van der Waals surface area contributed by atoms with Crippen LogP contribution in [0.1, 0.15) is 31.8 Å². The third-order valence-corrected chi connectivity index (χ3v) is 5.47. The SMILES string of the molecule is COC(=O)CSc1ccc(C(=O)CN2Cc3cc(/C(N)=N/O)ccc3C2=O)cc1. The second-order valence-corrected chi connectivity index (χ2v) is 7.38. The molecule has 2 aromatic carbocycles. The highest BCUT2D eigenvalue weighted by atomic mass is 32.2. The monoisotopic (exact) mass is 413 g/mol. The number of carbonyl (C=O) groups is 3. The van der Waals surface area contributed by atoms with Crippen molar-refractivity contribution in [1.29, 1.82) is 0 Å². The summed E-state index contributed by atoms with van der Waals surface area (Å²) >= 11 is 1.32. The number of carbonyl (C=O) groups excluding carboxylic acids is 3. The van der Waals surface area contributed by atoms with E-state index in [1.807, 2.05) is 0 Å². The van der Waals surface area contributed by atoms with E-state index < -0.39 is 0 Å². The molecule has 0 radical (unpaired) electrons. The Hall–Kier alpha value is -3.33. The normalized spacial score (nSPS) is 13.3. The Morgan fingerprint density at radius 3 is 2.55 bits per heavy atom. The van der Waals surface area contributed by atoms with E-state index in [0.29, 0.717) is 16.7 Å². The lowest BCUT2D eigenvalue weighted by Gasteiger charge is -2.14. The van der Waals surface area contributed by atoms with E-state index in [4.69, 9.17) is 10.9 Å². The Labute approximate surface area is 171 Å². The zero-order valence-electron chi connectivity index (χ0n) is 15.6. The highest BCUT2D eigenvalue weighted by Gasteiger charge is 2.29. The van der Waals surface area contributed by atoms with Gasteiger partial charge in [0, 0.05) is 28.1 Å². The number of rotatable bonds is 7. The van der Waals surface area contributed by atoms with Crippen molar-refractivity contribution in [2.24, 2.45) is 10.9 Å². The number of fused-ring (bicyclic) bond motifs is 1. The molecule has 9 heteroatoms. The van der Waals surface area contributed by atoms with Crippen LogP contribution in [0.4, 0.5) is 0 Å². The zero-order valence-corrected chi connectivity index (χ0v) is 16.4. The van der Waals surface area contributed by atoms with Crippen LogP contribution in [0.15, 0.2) is 52.5 Å². The summed E-state index contributed by atoms with van der Waals surface area (Å²) in [6.07, 6.45) is 0. The van der Waals surface area contributed by atoms with Crippen molar-refractivity contribution in [3.63, 3.8) is 0 Å². The van der Waals surface area contributed by atoms with Gasteiger partial charge in [-0.3, -0.25) is 14.4 Å². The average Bonchev–Trinajstić information content (AvgIpc) is 3.06. The van der Waals surface area contributed by atoms with Gasteiger partial charge in [0.05, 0.1) is 19.4 Å². The molecular formula is C20H19N3O5S. The molecule has 0 spiro atoms. The molecule has 0 aromatic heterocycles. The zero-order chi connectivity index (χ0) is 21.0. The topological polar surface area (TPSA) is 122 Å². The van der Waals surface area contributed by atoms with Crippen LogP contribution < -0.4 is 5.73 Å². The minimum atomic E-state index is -0.322. The summed E-state index contributed by atoms with van der Waals surface area (Å²) in [4.78, 5) is 38.7. The molecule has 0 fully saturated rings. The van der Waals surface area contributed by atoms with Gasteiger partial charge in [-0.25, -0.2) is 0 Å². The van der Waals surface area contributed by atoms with Crippen molar-refractivity contribution in [1.82, 2.24) is 4.90 Å². The van der Waals surface area contributed by atoms with Gasteiger partial charge in [0.15, 0.2) is 11.6 Å². The average molecular weight is 413 g/mol. The van der Waals surface area contributed by atoms with Crippen LogP contribution in [0.25, 0.3) is 0 Å². The maximum absolute atomic E-state index is 12.6. The predicted molar refractivity (Wildman–Crippen MR) is 107 cm³/mol. The number of esters is 1. The lowest BCUT2D eigenvalue weighted by atomic mass is 10.1. The van der Waals surface area contributed by atoms with Crippen molar-refractivity contribution in [3.05, 3.63) is 64.7 Å². The summed E-state index contributed by atoms with van der Waals surface area (Å²) in [5.41, 5.74) is 7.80. The largest absolute Gasteiger partial charge is 0.468 e. The molecule has 0 atom stereocenters. The first-order chi connectivity index (χ1) is 13.9. The van der Waals surface area contributed by atoms with Gasteiger partial charge < -0.3 is 20.6 Å². The summed E-state index contributed by atoms with van der Waals surface area (Å²) < 4.78 is 4.59. The molecule has 0 saturated heterocycles. The number of nitrogens with zero attached hydrogens (tertiary/aromatic N) is 2. The molecule has 1 amide bonds. The Kier molecular flexibility index (Phi) is 6.18. The van der Waals surface area contributed by atoms with Gasteiger partial charge in [-0.1, -0.05) is 23.4 Å². The van der Waals surface area contributed by atoms with Crippen LogP contribution in [-0.2, 0) is 16.1 Å². The molecule has 1 aliphatic heterocycles. The van der Waals surface area contributed by atoms with Gasteiger partial charge in [0.1, 0.15) is 0 Å². The van der Waals surface area contributed by atoms with Crippen molar-refractivity contribution >= 4 is 35.3 Å². The number of amidine groups is 1. The highest BCUT2D eigenvalue weighted by Crippen LogP contribution is 2.25. The van der Waals surface area contributed by atoms with Crippen molar-refractivity contribution in [2.75, 3.05) is 19.4 Å². The van der Waals surface area contributed by atoms with Crippen molar-refractivity contribution in [2.45, 2.75) is 11.4 Å². The number of nitrogens with two attached hydrogens (primary N) is 1. The molecule has 0 unspecified atom stereocenters. The van der Waals surface area contributed by atoms with Crippen LogP contribution in [-0.4, -0.2) is 53.0 Å². The summed E-state index contributed by atoms with van der Waals surface area (Å²) in [6, 6.07) is 11.7.